The lowest BCUT2D eigenvalue weighted by atomic mass is 10.1. The number of rotatable bonds is 6. The van der Waals surface area contributed by atoms with Crippen LogP contribution in [0.5, 0.6) is 0 Å². The normalized spacial score (nSPS) is 25.6. The second-order valence-corrected chi connectivity index (χ2v) is 5.57. The lowest BCUT2D eigenvalue weighted by Crippen LogP contribution is -2.39. The molecule has 10 heteroatoms. The van der Waals surface area contributed by atoms with Gasteiger partial charge in [0.25, 0.3) is 0 Å². The Kier molecular flexibility index (Phi) is 5.62. The Morgan fingerprint density at radius 2 is 1.84 bits per heavy atom. The van der Waals surface area contributed by atoms with Crippen molar-refractivity contribution in [2.24, 2.45) is 0 Å². The molecule has 10 nitrogen and oxygen atoms in total. The van der Waals surface area contributed by atoms with E-state index in [-0.39, 0.29) is 24.0 Å². The van der Waals surface area contributed by atoms with E-state index >= 15 is 0 Å². The molecule has 0 spiro atoms. The van der Waals surface area contributed by atoms with Crippen LogP contribution in [0, 0.1) is 0 Å². The molecular formula is C15H20N2O8. The highest BCUT2D eigenvalue weighted by atomic mass is 16.6. The minimum Gasteiger partial charge on any atom is -0.464 e. The summed E-state index contributed by atoms with van der Waals surface area (Å²) in [4.78, 5) is 48.5. The summed E-state index contributed by atoms with van der Waals surface area (Å²) in [6.07, 6.45) is -1.84. The molecule has 2 aliphatic rings. The van der Waals surface area contributed by atoms with E-state index < -0.39 is 36.0 Å². The van der Waals surface area contributed by atoms with Crippen molar-refractivity contribution in [2.45, 2.75) is 32.1 Å². The summed E-state index contributed by atoms with van der Waals surface area (Å²) in [5, 5.41) is 2.40. The van der Waals surface area contributed by atoms with Crippen LogP contribution in [0.4, 0.5) is 0 Å². The summed E-state index contributed by atoms with van der Waals surface area (Å²) >= 11 is 0. The molecule has 3 atom stereocenters. The van der Waals surface area contributed by atoms with E-state index in [4.69, 9.17) is 18.9 Å². The van der Waals surface area contributed by atoms with Gasteiger partial charge in [0.1, 0.15) is 6.61 Å². The molecule has 0 aromatic heterocycles. The molecule has 0 unspecified atom stereocenters. The smallest absolute Gasteiger partial charge is 0.356 e. The zero-order valence-electron chi connectivity index (χ0n) is 14.4. The summed E-state index contributed by atoms with van der Waals surface area (Å²) in [6.45, 7) is 2.65. The summed E-state index contributed by atoms with van der Waals surface area (Å²) in [6, 6.07) is -0.256. The third-order valence-electron chi connectivity index (χ3n) is 3.68. The van der Waals surface area contributed by atoms with Crippen molar-refractivity contribution in [2.75, 3.05) is 27.4 Å². The lowest BCUT2D eigenvalue weighted by Gasteiger charge is -2.23. The van der Waals surface area contributed by atoms with E-state index in [0.29, 0.717) is 6.54 Å². The molecule has 138 valence electrons. The first kappa shape index (κ1) is 18.7. The van der Waals surface area contributed by atoms with Crippen molar-refractivity contribution >= 4 is 23.8 Å². The molecule has 1 amide bonds. The third kappa shape index (κ3) is 4.08. The molecular weight excluding hydrogens is 336 g/mol. The topological polar surface area (TPSA) is 120 Å². The average molecular weight is 356 g/mol. The Balaban J connectivity index is 2.39. The minimum absolute atomic E-state index is 0.144. The molecule has 2 heterocycles. The Hall–Kier alpha value is -2.62. The van der Waals surface area contributed by atoms with E-state index in [1.165, 1.54) is 21.0 Å². The molecule has 2 fully saturated rings. The summed E-state index contributed by atoms with van der Waals surface area (Å²) in [7, 11) is 2.51. The van der Waals surface area contributed by atoms with Crippen LogP contribution in [0.25, 0.3) is 0 Å². The number of hydrogen-bond donors (Lipinski definition) is 1. The molecule has 2 rings (SSSR count). The van der Waals surface area contributed by atoms with Crippen LogP contribution in [0.1, 0.15) is 13.8 Å². The summed E-state index contributed by atoms with van der Waals surface area (Å²) in [5.41, 5.74) is 0.103. The van der Waals surface area contributed by atoms with E-state index in [2.05, 4.69) is 5.32 Å². The van der Waals surface area contributed by atoms with Crippen LogP contribution < -0.4 is 5.32 Å². The SMILES string of the molecule is COCC(=O)O[C@H]1[C@H](OC(C)=O)/C(=C(/NC(C)=O)C(=O)OC)N2C[C@@H]12. The number of nitrogens with one attached hydrogen (secondary N) is 1. The van der Waals surface area contributed by atoms with E-state index in [1.807, 2.05) is 0 Å². The Labute approximate surface area is 144 Å². The second kappa shape index (κ2) is 7.51. The first-order valence-corrected chi connectivity index (χ1v) is 7.52. The van der Waals surface area contributed by atoms with Crippen molar-refractivity contribution in [3.05, 3.63) is 11.4 Å². The van der Waals surface area contributed by atoms with Gasteiger partial charge in [-0.1, -0.05) is 0 Å². The third-order valence-corrected chi connectivity index (χ3v) is 3.68. The Morgan fingerprint density at radius 3 is 2.36 bits per heavy atom. The maximum atomic E-state index is 12.1. The molecule has 2 aliphatic heterocycles. The summed E-state index contributed by atoms with van der Waals surface area (Å²) < 4.78 is 20.0. The second-order valence-electron chi connectivity index (χ2n) is 5.57. The van der Waals surface area contributed by atoms with Gasteiger partial charge in [-0.05, 0) is 0 Å². The van der Waals surface area contributed by atoms with Crippen LogP contribution in [-0.2, 0) is 38.1 Å². The Bertz CT molecular complexity index is 629. The van der Waals surface area contributed by atoms with E-state index in [9.17, 15) is 19.2 Å². The van der Waals surface area contributed by atoms with E-state index in [0.717, 1.165) is 7.11 Å². The molecule has 2 saturated heterocycles. The van der Waals surface area contributed by atoms with E-state index in [1.54, 1.807) is 4.90 Å². The number of piperidine rings is 1. The number of amides is 1. The number of carbonyl (C=O) groups excluding carboxylic acids is 4. The highest BCUT2D eigenvalue weighted by Gasteiger charge is 2.60. The molecule has 0 aromatic carbocycles. The fraction of sp³-hybridized carbons (Fsp3) is 0.600. The van der Waals surface area contributed by atoms with Crippen molar-refractivity contribution in [1.29, 1.82) is 0 Å². The minimum atomic E-state index is -1.03. The highest BCUT2D eigenvalue weighted by molar-refractivity contribution is 5.94. The fourth-order valence-corrected chi connectivity index (χ4v) is 2.76. The average Bonchev–Trinajstić information content (AvgIpc) is 3.24. The van der Waals surface area contributed by atoms with Crippen molar-refractivity contribution in [3.8, 4) is 0 Å². The number of carbonyl (C=O) groups is 4. The molecule has 0 radical (unpaired) electrons. The zero-order chi connectivity index (χ0) is 18.7. The van der Waals surface area contributed by atoms with Crippen LogP contribution in [0.3, 0.4) is 0 Å². The molecule has 0 saturated carbocycles. The predicted octanol–water partition coefficient (Wildman–Crippen LogP) is -1.31. The van der Waals surface area contributed by atoms with Gasteiger partial charge in [0.05, 0.1) is 18.8 Å². The largest absolute Gasteiger partial charge is 0.464 e. The van der Waals surface area contributed by atoms with Gasteiger partial charge in [0, 0.05) is 27.5 Å². The van der Waals surface area contributed by atoms with Crippen LogP contribution >= 0.6 is 0 Å². The quantitative estimate of drug-likeness (QED) is 0.268. The number of nitrogens with zero attached hydrogens (tertiary/aromatic N) is 1. The monoisotopic (exact) mass is 356 g/mol. The van der Waals surface area contributed by atoms with Gasteiger partial charge in [-0.25, -0.2) is 9.59 Å². The van der Waals surface area contributed by atoms with Gasteiger partial charge in [0.2, 0.25) is 5.91 Å². The highest BCUT2D eigenvalue weighted by Crippen LogP contribution is 2.43. The van der Waals surface area contributed by atoms with Crippen molar-refractivity contribution in [3.63, 3.8) is 0 Å². The Morgan fingerprint density at radius 1 is 1.16 bits per heavy atom. The maximum absolute atomic E-state index is 12.1. The van der Waals surface area contributed by atoms with Crippen LogP contribution in [0.15, 0.2) is 11.4 Å². The van der Waals surface area contributed by atoms with Gasteiger partial charge in [-0.15, -0.1) is 0 Å². The summed E-state index contributed by atoms with van der Waals surface area (Å²) in [5.74, 6) is -2.54. The predicted molar refractivity (Wildman–Crippen MR) is 80.7 cm³/mol. The molecule has 25 heavy (non-hydrogen) atoms. The van der Waals surface area contributed by atoms with Crippen molar-refractivity contribution < 1.29 is 38.1 Å². The molecule has 1 N–H and O–H groups in total. The van der Waals surface area contributed by atoms with Gasteiger partial charge in [0.15, 0.2) is 17.9 Å². The van der Waals surface area contributed by atoms with Gasteiger partial charge in [-0.2, -0.15) is 0 Å². The first-order chi connectivity index (χ1) is 11.8. The molecule has 0 aliphatic carbocycles. The van der Waals surface area contributed by atoms with Crippen LogP contribution in [0.2, 0.25) is 0 Å². The number of ether oxygens (including phenoxy) is 4. The van der Waals surface area contributed by atoms with Gasteiger partial charge >= 0.3 is 17.9 Å². The lowest BCUT2D eigenvalue weighted by molar-refractivity contribution is -0.165. The van der Waals surface area contributed by atoms with Gasteiger partial charge in [-0.3, -0.25) is 9.59 Å². The number of fused-ring (bicyclic) bond motifs is 1. The fourth-order valence-electron chi connectivity index (χ4n) is 2.76. The maximum Gasteiger partial charge on any atom is 0.356 e. The molecule has 0 bridgehead atoms. The standard InChI is InChI=1S/C15H20N2O8/c1-7(18)16-11(15(21)23-4)12-14(24-8(2)19)13(9-5-17(9)12)25-10(20)6-22-3/h9,13-14H,5-6H2,1-4H3,(H,16,18)/b12-11-/t9-,13+,14+,17?/m0/s1. The first-order valence-electron chi connectivity index (χ1n) is 7.52. The van der Waals surface area contributed by atoms with Crippen LogP contribution in [-0.4, -0.2) is 74.3 Å². The van der Waals surface area contributed by atoms with Gasteiger partial charge < -0.3 is 29.2 Å². The number of methoxy groups -OCH3 is 2. The zero-order valence-corrected chi connectivity index (χ0v) is 14.4. The van der Waals surface area contributed by atoms with Crippen molar-refractivity contribution in [1.82, 2.24) is 10.2 Å². The number of hydrogen-bond acceptors (Lipinski definition) is 9. The number of esters is 3. The molecule has 0 aromatic rings.